The highest BCUT2D eigenvalue weighted by molar-refractivity contribution is 5.69. The van der Waals surface area contributed by atoms with Crippen molar-refractivity contribution in [2.24, 2.45) is 5.92 Å². The SMILES string of the molecule is CCCCCCC(CCCCCC)CCCOC(=O)CCCCCCCNCCCCCCCC=O. The first-order valence-electron chi connectivity index (χ1n) is 16.0. The van der Waals surface area contributed by atoms with E-state index >= 15 is 0 Å². The minimum Gasteiger partial charge on any atom is -0.466 e. The van der Waals surface area contributed by atoms with E-state index in [2.05, 4.69) is 19.2 Å². The lowest BCUT2D eigenvalue weighted by Crippen LogP contribution is -2.16. The summed E-state index contributed by atoms with van der Waals surface area (Å²) in [4.78, 5) is 22.3. The van der Waals surface area contributed by atoms with E-state index in [0.717, 1.165) is 57.4 Å². The fourth-order valence-electron chi connectivity index (χ4n) is 4.97. The number of aldehydes is 1. The second kappa shape index (κ2) is 30.3. The Balaban J connectivity index is 3.55. The molecular weight excluding hydrogens is 446 g/mol. The van der Waals surface area contributed by atoms with E-state index in [1.807, 2.05) is 0 Å². The minimum absolute atomic E-state index is 0.00488. The molecule has 1 N–H and O–H groups in total. The van der Waals surface area contributed by atoms with Crippen molar-refractivity contribution in [3.05, 3.63) is 0 Å². The quantitative estimate of drug-likeness (QED) is 0.0595. The molecule has 0 bridgehead atoms. The zero-order valence-electron chi connectivity index (χ0n) is 24.5. The molecule has 0 spiro atoms. The van der Waals surface area contributed by atoms with Gasteiger partial charge in [0.1, 0.15) is 6.29 Å². The molecule has 4 nitrogen and oxygen atoms in total. The lowest BCUT2D eigenvalue weighted by Gasteiger charge is -2.17. The maximum absolute atomic E-state index is 12.1. The lowest BCUT2D eigenvalue weighted by atomic mass is 9.91. The standard InChI is InChI=1S/C32H63NO3/c1-3-5-7-16-23-31(24-17-8-6-4-2)25-22-30-36-32(35)26-18-12-11-14-20-28-33-27-19-13-9-10-15-21-29-34/h29,31,33H,3-28,30H2,1-2H3. The molecule has 0 radical (unpaired) electrons. The molecule has 214 valence electrons. The van der Waals surface area contributed by atoms with Crippen molar-refractivity contribution in [1.82, 2.24) is 5.32 Å². The van der Waals surface area contributed by atoms with Crippen LogP contribution in [0.25, 0.3) is 0 Å². The fourth-order valence-corrected chi connectivity index (χ4v) is 4.97. The normalized spacial score (nSPS) is 11.3. The topological polar surface area (TPSA) is 55.4 Å². The zero-order valence-corrected chi connectivity index (χ0v) is 24.5. The van der Waals surface area contributed by atoms with Gasteiger partial charge in [-0.1, -0.05) is 117 Å². The van der Waals surface area contributed by atoms with Gasteiger partial charge in [0.2, 0.25) is 0 Å². The van der Waals surface area contributed by atoms with Crippen LogP contribution in [-0.4, -0.2) is 32.0 Å². The monoisotopic (exact) mass is 509 g/mol. The van der Waals surface area contributed by atoms with Gasteiger partial charge >= 0.3 is 5.97 Å². The van der Waals surface area contributed by atoms with Gasteiger partial charge in [0.05, 0.1) is 6.61 Å². The third kappa shape index (κ3) is 27.7. The second-order valence-corrected chi connectivity index (χ2v) is 10.9. The van der Waals surface area contributed by atoms with Gasteiger partial charge in [0.15, 0.2) is 0 Å². The number of rotatable bonds is 30. The molecule has 0 saturated heterocycles. The van der Waals surface area contributed by atoms with Crippen LogP contribution >= 0.6 is 0 Å². The molecule has 36 heavy (non-hydrogen) atoms. The Labute approximate surface area is 225 Å². The fraction of sp³-hybridized carbons (Fsp3) is 0.938. The van der Waals surface area contributed by atoms with Crippen molar-refractivity contribution in [3.8, 4) is 0 Å². The zero-order chi connectivity index (χ0) is 26.4. The van der Waals surface area contributed by atoms with Gasteiger partial charge in [0.25, 0.3) is 0 Å². The van der Waals surface area contributed by atoms with Crippen molar-refractivity contribution >= 4 is 12.3 Å². The van der Waals surface area contributed by atoms with Crippen LogP contribution in [0.5, 0.6) is 0 Å². The highest BCUT2D eigenvalue weighted by Crippen LogP contribution is 2.23. The number of ether oxygens (including phenoxy) is 1. The number of nitrogens with one attached hydrogen (secondary N) is 1. The first kappa shape index (κ1) is 35.1. The van der Waals surface area contributed by atoms with Gasteiger partial charge in [-0.15, -0.1) is 0 Å². The first-order valence-corrected chi connectivity index (χ1v) is 16.0. The molecule has 0 aromatic rings. The molecule has 0 fully saturated rings. The Morgan fingerprint density at radius 1 is 0.639 bits per heavy atom. The number of esters is 1. The summed E-state index contributed by atoms with van der Waals surface area (Å²) in [5, 5.41) is 3.54. The summed E-state index contributed by atoms with van der Waals surface area (Å²) in [6.45, 7) is 7.38. The van der Waals surface area contributed by atoms with E-state index < -0.39 is 0 Å². The highest BCUT2D eigenvalue weighted by Gasteiger charge is 2.10. The molecular formula is C32H63NO3. The molecule has 0 amide bonds. The van der Waals surface area contributed by atoms with Crippen LogP contribution in [0.4, 0.5) is 0 Å². The number of carbonyl (C=O) groups excluding carboxylic acids is 2. The molecule has 0 saturated carbocycles. The van der Waals surface area contributed by atoms with Gasteiger partial charge < -0.3 is 14.8 Å². The Kier molecular flexibility index (Phi) is 29.6. The number of carbonyl (C=O) groups is 2. The molecule has 0 rings (SSSR count). The maximum Gasteiger partial charge on any atom is 0.305 e. The molecule has 0 aliphatic heterocycles. The predicted octanol–water partition coefficient (Wildman–Crippen LogP) is 9.34. The molecule has 0 aliphatic carbocycles. The summed E-state index contributed by atoms with van der Waals surface area (Å²) in [5.41, 5.74) is 0. The third-order valence-corrected chi connectivity index (χ3v) is 7.36. The van der Waals surface area contributed by atoms with Crippen molar-refractivity contribution in [2.75, 3.05) is 19.7 Å². The van der Waals surface area contributed by atoms with E-state index in [4.69, 9.17) is 4.74 Å². The summed E-state index contributed by atoms with van der Waals surface area (Å²) in [6, 6.07) is 0. The summed E-state index contributed by atoms with van der Waals surface area (Å²) < 4.78 is 5.53. The number of hydrogen-bond donors (Lipinski definition) is 1. The molecule has 0 aromatic carbocycles. The Bertz CT molecular complexity index is 443. The largest absolute Gasteiger partial charge is 0.466 e. The van der Waals surface area contributed by atoms with Crippen LogP contribution < -0.4 is 5.32 Å². The summed E-state index contributed by atoms with van der Waals surface area (Å²) >= 11 is 0. The minimum atomic E-state index is 0.00488. The van der Waals surface area contributed by atoms with Gasteiger partial charge in [-0.25, -0.2) is 0 Å². The Hall–Kier alpha value is -0.900. The average molecular weight is 510 g/mol. The van der Waals surface area contributed by atoms with Gasteiger partial charge in [-0.2, -0.15) is 0 Å². The van der Waals surface area contributed by atoms with Crippen LogP contribution in [0.15, 0.2) is 0 Å². The first-order chi connectivity index (χ1) is 17.7. The summed E-state index contributed by atoms with van der Waals surface area (Å²) in [5.74, 6) is 0.830. The molecule has 0 atom stereocenters. The van der Waals surface area contributed by atoms with Crippen molar-refractivity contribution < 1.29 is 14.3 Å². The molecule has 4 heteroatoms. The van der Waals surface area contributed by atoms with Crippen LogP contribution in [0.3, 0.4) is 0 Å². The smallest absolute Gasteiger partial charge is 0.305 e. The summed E-state index contributed by atoms with van der Waals surface area (Å²) in [6.07, 6.45) is 29.9. The highest BCUT2D eigenvalue weighted by atomic mass is 16.5. The van der Waals surface area contributed by atoms with Crippen LogP contribution in [0.2, 0.25) is 0 Å². The van der Waals surface area contributed by atoms with Gasteiger partial charge in [-0.05, 0) is 57.5 Å². The van der Waals surface area contributed by atoms with E-state index in [-0.39, 0.29) is 5.97 Å². The van der Waals surface area contributed by atoms with E-state index in [0.29, 0.717) is 13.0 Å². The van der Waals surface area contributed by atoms with Crippen molar-refractivity contribution in [1.29, 1.82) is 0 Å². The van der Waals surface area contributed by atoms with Crippen LogP contribution in [0, 0.1) is 5.92 Å². The number of hydrogen-bond acceptors (Lipinski definition) is 4. The second-order valence-electron chi connectivity index (χ2n) is 10.9. The third-order valence-electron chi connectivity index (χ3n) is 7.36. The van der Waals surface area contributed by atoms with Crippen LogP contribution in [-0.2, 0) is 14.3 Å². The van der Waals surface area contributed by atoms with Crippen molar-refractivity contribution in [3.63, 3.8) is 0 Å². The van der Waals surface area contributed by atoms with E-state index in [1.54, 1.807) is 0 Å². The van der Waals surface area contributed by atoms with Crippen molar-refractivity contribution in [2.45, 2.75) is 168 Å². The molecule has 0 unspecified atom stereocenters. The number of unbranched alkanes of at least 4 members (excludes halogenated alkanes) is 15. The molecule has 0 aliphatic rings. The molecule has 0 aromatic heterocycles. The average Bonchev–Trinajstić information content (AvgIpc) is 2.88. The Morgan fingerprint density at radius 3 is 1.72 bits per heavy atom. The maximum atomic E-state index is 12.1. The molecule has 0 heterocycles. The Morgan fingerprint density at radius 2 is 1.14 bits per heavy atom. The summed E-state index contributed by atoms with van der Waals surface area (Å²) in [7, 11) is 0. The van der Waals surface area contributed by atoms with Crippen LogP contribution in [0.1, 0.15) is 168 Å². The van der Waals surface area contributed by atoms with Gasteiger partial charge in [-0.3, -0.25) is 4.79 Å². The predicted molar refractivity (Wildman–Crippen MR) is 156 cm³/mol. The van der Waals surface area contributed by atoms with E-state index in [1.165, 1.54) is 116 Å². The van der Waals surface area contributed by atoms with Gasteiger partial charge in [0, 0.05) is 12.8 Å². The van der Waals surface area contributed by atoms with E-state index in [9.17, 15) is 9.59 Å². The lowest BCUT2D eigenvalue weighted by molar-refractivity contribution is -0.144.